The summed E-state index contributed by atoms with van der Waals surface area (Å²) in [5, 5.41) is 12.0. The van der Waals surface area contributed by atoms with Crippen molar-refractivity contribution in [1.82, 2.24) is 25.1 Å². The van der Waals surface area contributed by atoms with E-state index in [1.54, 1.807) is 13.2 Å². The molecule has 1 aromatic heterocycles. The molecule has 5 rings (SSSR count). The van der Waals surface area contributed by atoms with Crippen molar-refractivity contribution in [3.05, 3.63) is 71.9 Å². The van der Waals surface area contributed by atoms with E-state index in [9.17, 15) is 33.8 Å². The molecule has 2 aliphatic rings. The zero-order valence-corrected chi connectivity index (χ0v) is 25.5. The van der Waals surface area contributed by atoms with Crippen molar-refractivity contribution in [2.24, 2.45) is 0 Å². The first kappa shape index (κ1) is 32.0. The van der Waals surface area contributed by atoms with E-state index in [-0.39, 0.29) is 49.7 Å². The third-order valence-corrected chi connectivity index (χ3v) is 8.93. The molecule has 2 aliphatic heterocycles. The van der Waals surface area contributed by atoms with Gasteiger partial charge in [0.05, 0.1) is 11.4 Å². The average molecular weight is 639 g/mol. The molecule has 2 fully saturated rings. The van der Waals surface area contributed by atoms with Crippen LogP contribution in [0.2, 0.25) is 0 Å². The first-order valence-electron chi connectivity index (χ1n) is 14.5. The third kappa shape index (κ3) is 7.84. The molecule has 4 N–H and O–H groups in total. The minimum absolute atomic E-state index is 0.0241. The molecule has 2 aromatic carbocycles. The number of amides is 3. The van der Waals surface area contributed by atoms with Crippen LogP contribution < -0.4 is 15.5 Å². The normalized spacial score (nSPS) is 17.7. The number of ether oxygens (including phenoxy) is 1. The van der Waals surface area contributed by atoms with Gasteiger partial charge >= 0.3 is 13.7 Å². The van der Waals surface area contributed by atoms with Gasteiger partial charge in [-0.15, -0.1) is 0 Å². The Morgan fingerprint density at radius 2 is 1.64 bits per heavy atom. The monoisotopic (exact) mass is 638 g/mol. The number of carbonyl (C=O) groups excluding carboxylic acids is 2. The van der Waals surface area contributed by atoms with E-state index in [4.69, 9.17) is 9.72 Å². The smallest absolute Gasteiger partial charge is 0.407 e. The summed E-state index contributed by atoms with van der Waals surface area (Å²) in [5.74, 6) is -0.116. The van der Waals surface area contributed by atoms with Crippen LogP contribution in [0.4, 0.5) is 10.6 Å². The van der Waals surface area contributed by atoms with Crippen molar-refractivity contribution in [3.8, 4) is 11.4 Å². The number of carboxylic acid groups (broad SMARTS) is 1. The van der Waals surface area contributed by atoms with Gasteiger partial charge in [-0.25, -0.2) is 14.8 Å². The molecule has 2 saturated heterocycles. The number of piperazine rings is 1. The minimum atomic E-state index is -4.46. The standard InChI is InChI=1S/C30H35N6O8P/c1-44-22-11-12-36(19-22)26-18-24(31-27(33-26)21-5-3-2-4-6-21)28(37)32-25(17-20-7-9-23(10-8-20)45(41,42)43)29(38)34-13-15-35(16-14-34)30(39)40/h2-10,18,22,25H,11-17,19H2,1H3,(H,32,37)(H,39,40)(H2,41,42,43)/t22-,25-/m0/s1. The second-order valence-corrected chi connectivity index (χ2v) is 12.5. The minimum Gasteiger partial charge on any atom is -0.465 e. The van der Waals surface area contributed by atoms with Crippen LogP contribution in [0.5, 0.6) is 0 Å². The fourth-order valence-electron chi connectivity index (χ4n) is 5.39. The molecule has 3 heterocycles. The topological polar surface area (TPSA) is 186 Å². The Hall–Kier alpha value is -4.36. The molecule has 0 saturated carbocycles. The molecule has 14 nitrogen and oxygen atoms in total. The number of anilines is 1. The van der Waals surface area contributed by atoms with Gasteiger partial charge in [0.25, 0.3) is 5.91 Å². The maximum atomic E-state index is 13.8. The predicted molar refractivity (Wildman–Crippen MR) is 164 cm³/mol. The number of hydrogen-bond acceptors (Lipinski definition) is 8. The van der Waals surface area contributed by atoms with Gasteiger partial charge in [0.15, 0.2) is 5.82 Å². The lowest BCUT2D eigenvalue weighted by Gasteiger charge is -2.35. The van der Waals surface area contributed by atoms with Crippen molar-refractivity contribution in [2.75, 3.05) is 51.3 Å². The Morgan fingerprint density at radius 3 is 2.24 bits per heavy atom. The molecule has 0 unspecified atom stereocenters. The zero-order chi connectivity index (χ0) is 32.1. The van der Waals surface area contributed by atoms with Crippen LogP contribution in [0.25, 0.3) is 11.4 Å². The van der Waals surface area contributed by atoms with Crippen LogP contribution in [-0.4, -0.2) is 111 Å². The molecule has 0 radical (unpaired) electrons. The molecule has 0 aliphatic carbocycles. The summed E-state index contributed by atoms with van der Waals surface area (Å²) in [6, 6.07) is 15.3. The van der Waals surface area contributed by atoms with E-state index in [1.165, 1.54) is 34.1 Å². The van der Waals surface area contributed by atoms with Gasteiger partial charge in [0.1, 0.15) is 17.6 Å². The molecule has 3 aromatic rings. The first-order valence-corrected chi connectivity index (χ1v) is 16.1. The van der Waals surface area contributed by atoms with E-state index in [1.807, 2.05) is 35.2 Å². The van der Waals surface area contributed by atoms with Gasteiger partial charge in [-0.05, 0) is 24.1 Å². The molecule has 2 atom stereocenters. The molecule has 45 heavy (non-hydrogen) atoms. The second kappa shape index (κ2) is 13.7. The number of nitrogens with one attached hydrogen (secondary N) is 1. The van der Waals surface area contributed by atoms with Crippen LogP contribution in [0.1, 0.15) is 22.5 Å². The number of benzene rings is 2. The highest BCUT2D eigenvalue weighted by atomic mass is 31.2. The second-order valence-electron chi connectivity index (χ2n) is 10.9. The van der Waals surface area contributed by atoms with E-state index in [0.29, 0.717) is 35.9 Å². The summed E-state index contributed by atoms with van der Waals surface area (Å²) in [4.78, 5) is 72.0. The quantitative estimate of drug-likeness (QED) is 0.248. The van der Waals surface area contributed by atoms with Gasteiger partial charge in [-0.3, -0.25) is 14.2 Å². The largest absolute Gasteiger partial charge is 0.465 e. The number of carbonyl (C=O) groups is 3. The van der Waals surface area contributed by atoms with Crippen molar-refractivity contribution in [3.63, 3.8) is 0 Å². The van der Waals surface area contributed by atoms with Gasteiger partial charge in [0.2, 0.25) is 5.91 Å². The number of hydrogen-bond donors (Lipinski definition) is 4. The van der Waals surface area contributed by atoms with Gasteiger partial charge in [-0.2, -0.15) is 0 Å². The van der Waals surface area contributed by atoms with Crippen LogP contribution >= 0.6 is 7.60 Å². The lowest BCUT2D eigenvalue weighted by Crippen LogP contribution is -2.56. The fraction of sp³-hybridized carbons (Fsp3) is 0.367. The van der Waals surface area contributed by atoms with Crippen molar-refractivity contribution in [1.29, 1.82) is 0 Å². The molecule has 0 bridgehead atoms. The van der Waals surface area contributed by atoms with E-state index in [0.717, 1.165) is 6.42 Å². The summed E-state index contributed by atoms with van der Waals surface area (Å²) < 4.78 is 17.2. The molecule has 0 spiro atoms. The van der Waals surface area contributed by atoms with Crippen molar-refractivity contribution < 1.29 is 38.6 Å². The summed E-state index contributed by atoms with van der Waals surface area (Å²) in [5.41, 5.74) is 1.33. The lowest BCUT2D eigenvalue weighted by atomic mass is 10.0. The number of methoxy groups -OCH3 is 1. The van der Waals surface area contributed by atoms with Gasteiger partial charge < -0.3 is 39.6 Å². The van der Waals surface area contributed by atoms with E-state index >= 15 is 0 Å². The van der Waals surface area contributed by atoms with Crippen LogP contribution in [0.15, 0.2) is 60.7 Å². The maximum absolute atomic E-state index is 13.8. The molecule has 15 heteroatoms. The summed E-state index contributed by atoms with van der Waals surface area (Å²) >= 11 is 0. The molecule has 238 valence electrons. The Labute approximate surface area is 259 Å². The highest BCUT2D eigenvalue weighted by Gasteiger charge is 2.32. The van der Waals surface area contributed by atoms with Crippen LogP contribution in [0.3, 0.4) is 0 Å². The Balaban J connectivity index is 1.43. The highest BCUT2D eigenvalue weighted by Crippen LogP contribution is 2.33. The molecule has 3 amide bonds. The summed E-state index contributed by atoms with van der Waals surface area (Å²) in [7, 11) is -2.81. The Kier molecular flexibility index (Phi) is 9.78. The van der Waals surface area contributed by atoms with E-state index in [2.05, 4.69) is 10.3 Å². The van der Waals surface area contributed by atoms with E-state index < -0.39 is 31.5 Å². The number of nitrogens with zero attached hydrogens (tertiary/aromatic N) is 5. The lowest BCUT2D eigenvalue weighted by molar-refractivity contribution is -0.134. The highest BCUT2D eigenvalue weighted by molar-refractivity contribution is 7.60. The summed E-state index contributed by atoms with van der Waals surface area (Å²) in [6.45, 7) is 1.84. The third-order valence-electron chi connectivity index (χ3n) is 7.96. The number of aromatic nitrogens is 2. The zero-order valence-electron chi connectivity index (χ0n) is 24.7. The van der Waals surface area contributed by atoms with Gasteiger partial charge in [0, 0.05) is 64.4 Å². The first-order chi connectivity index (χ1) is 21.5. The van der Waals surface area contributed by atoms with Crippen molar-refractivity contribution >= 4 is 36.6 Å². The Bertz CT molecular complexity index is 1580. The van der Waals surface area contributed by atoms with Gasteiger partial charge in [-0.1, -0.05) is 42.5 Å². The summed E-state index contributed by atoms with van der Waals surface area (Å²) in [6.07, 6.45) is -0.218. The van der Waals surface area contributed by atoms with Crippen LogP contribution in [-0.2, 0) is 20.5 Å². The Morgan fingerprint density at radius 1 is 0.978 bits per heavy atom. The molecular formula is C30H35N6O8P. The fourth-order valence-corrected chi connectivity index (χ4v) is 5.93. The SMILES string of the molecule is CO[C@H]1CCN(c2cc(C(=O)N[C@@H](Cc3ccc(P(=O)(O)O)cc3)C(=O)N3CCN(C(=O)O)CC3)nc(-c3ccccc3)n2)C1. The van der Waals surface area contributed by atoms with Crippen LogP contribution in [0, 0.1) is 0 Å². The average Bonchev–Trinajstić information content (AvgIpc) is 3.54. The molecular weight excluding hydrogens is 603 g/mol. The van der Waals surface area contributed by atoms with Crippen molar-refractivity contribution in [2.45, 2.75) is 25.0 Å². The maximum Gasteiger partial charge on any atom is 0.407 e. The number of rotatable bonds is 9. The predicted octanol–water partition coefficient (Wildman–Crippen LogP) is 1.34.